The van der Waals surface area contributed by atoms with E-state index >= 15 is 0 Å². The van der Waals surface area contributed by atoms with Gasteiger partial charge in [-0.05, 0) is 29.2 Å². The lowest BCUT2D eigenvalue weighted by atomic mass is 9.98. The van der Waals surface area contributed by atoms with Gasteiger partial charge in [0, 0.05) is 25.6 Å². The van der Waals surface area contributed by atoms with Crippen molar-refractivity contribution in [1.29, 1.82) is 0 Å². The van der Waals surface area contributed by atoms with Crippen LogP contribution < -0.4 is 5.32 Å². The zero-order chi connectivity index (χ0) is 25.8. The molecule has 10 heteroatoms. The summed E-state index contributed by atoms with van der Waals surface area (Å²) < 4.78 is 46.1. The molecule has 35 heavy (non-hydrogen) atoms. The van der Waals surface area contributed by atoms with Gasteiger partial charge in [-0.1, -0.05) is 55.5 Å². The Bertz CT molecular complexity index is 1040. The lowest BCUT2D eigenvalue weighted by Gasteiger charge is -2.29. The second-order valence-electron chi connectivity index (χ2n) is 8.42. The fourth-order valence-electron chi connectivity index (χ4n) is 4.18. The molecule has 0 saturated carbocycles. The van der Waals surface area contributed by atoms with Gasteiger partial charge in [-0.3, -0.25) is 9.59 Å². The first-order valence-electron chi connectivity index (χ1n) is 11.2. The molecule has 0 heterocycles. The van der Waals surface area contributed by atoms with Crippen LogP contribution in [0.2, 0.25) is 0 Å². The van der Waals surface area contributed by atoms with Crippen LogP contribution in [0.25, 0.3) is 11.1 Å². The Hall–Kier alpha value is -3.56. The Labute approximate surface area is 200 Å². The molecule has 0 fully saturated rings. The lowest BCUT2D eigenvalue weighted by molar-refractivity contribution is -0.188. The summed E-state index contributed by atoms with van der Waals surface area (Å²) in [5.74, 6) is -6.35. The molecule has 0 saturated heterocycles. The highest BCUT2D eigenvalue weighted by molar-refractivity contribution is 5.82. The van der Waals surface area contributed by atoms with Gasteiger partial charge in [0.25, 0.3) is 0 Å². The van der Waals surface area contributed by atoms with Crippen molar-refractivity contribution < 1.29 is 37.4 Å². The lowest BCUT2D eigenvalue weighted by Crippen LogP contribution is -2.49. The van der Waals surface area contributed by atoms with Gasteiger partial charge in [-0.25, -0.2) is 4.79 Å². The molecule has 0 aliphatic heterocycles. The molecular formula is C25H27F3N2O5. The van der Waals surface area contributed by atoms with Crippen molar-refractivity contribution >= 4 is 18.0 Å². The molecule has 0 spiro atoms. The van der Waals surface area contributed by atoms with E-state index in [0.29, 0.717) is 0 Å². The summed E-state index contributed by atoms with van der Waals surface area (Å²) in [5.41, 5.74) is 3.93. The third-order valence-corrected chi connectivity index (χ3v) is 6.10. The normalized spacial score (nSPS) is 14.4. The second kappa shape index (κ2) is 10.8. The van der Waals surface area contributed by atoms with E-state index in [-0.39, 0.29) is 25.6 Å². The van der Waals surface area contributed by atoms with Crippen molar-refractivity contribution in [1.82, 2.24) is 10.2 Å². The number of hydrogen-bond acceptors (Lipinski definition) is 4. The maximum atomic E-state index is 13.6. The standard InChI is InChI=1S/C25H27F3N2O5/c1-3-30(13-15(2)23(32)33)22(31)21(25(26,27)28)12-29-24(34)35-14-20-18-10-6-4-8-16(18)17-9-5-7-11-19(17)20/h4-11,15,20-21H,3,12-14H2,1-2H3,(H,29,34)(H,32,33). The molecule has 1 aliphatic rings. The van der Waals surface area contributed by atoms with Gasteiger partial charge < -0.3 is 20.1 Å². The summed E-state index contributed by atoms with van der Waals surface area (Å²) in [7, 11) is 0. The van der Waals surface area contributed by atoms with Gasteiger partial charge in [0.05, 0.1) is 5.92 Å². The number of nitrogens with one attached hydrogen (secondary N) is 1. The van der Waals surface area contributed by atoms with Crippen molar-refractivity contribution in [3.05, 3.63) is 59.7 Å². The minimum absolute atomic E-state index is 0.0816. The number of amides is 2. The number of rotatable bonds is 9. The van der Waals surface area contributed by atoms with Crippen molar-refractivity contribution in [2.75, 3.05) is 26.2 Å². The monoisotopic (exact) mass is 492 g/mol. The summed E-state index contributed by atoms with van der Waals surface area (Å²) >= 11 is 0. The fraction of sp³-hybridized carbons (Fsp3) is 0.400. The number of fused-ring (bicyclic) bond motifs is 3. The Morgan fingerprint density at radius 3 is 2.09 bits per heavy atom. The van der Waals surface area contributed by atoms with Gasteiger partial charge in [0.15, 0.2) is 5.92 Å². The predicted octanol–water partition coefficient (Wildman–Crippen LogP) is 4.27. The highest BCUT2D eigenvalue weighted by atomic mass is 19.4. The SMILES string of the molecule is CCN(CC(C)C(=O)O)C(=O)C(CNC(=O)OCC1c2ccccc2-c2ccccc21)C(F)(F)F. The molecule has 2 amide bonds. The van der Waals surface area contributed by atoms with Crippen LogP contribution in [-0.2, 0) is 14.3 Å². The Morgan fingerprint density at radius 1 is 1.06 bits per heavy atom. The van der Waals surface area contributed by atoms with Crippen LogP contribution in [0.3, 0.4) is 0 Å². The van der Waals surface area contributed by atoms with E-state index in [1.54, 1.807) is 0 Å². The minimum Gasteiger partial charge on any atom is -0.481 e. The number of nitrogens with zero attached hydrogens (tertiary/aromatic N) is 1. The van der Waals surface area contributed by atoms with E-state index in [4.69, 9.17) is 9.84 Å². The van der Waals surface area contributed by atoms with Gasteiger partial charge in [-0.2, -0.15) is 13.2 Å². The van der Waals surface area contributed by atoms with Crippen LogP contribution in [0.4, 0.5) is 18.0 Å². The topological polar surface area (TPSA) is 95.9 Å². The van der Waals surface area contributed by atoms with Crippen LogP contribution in [-0.4, -0.2) is 60.4 Å². The maximum Gasteiger partial charge on any atom is 0.407 e. The van der Waals surface area contributed by atoms with E-state index in [9.17, 15) is 27.6 Å². The number of alkyl halides is 3. The summed E-state index contributed by atoms with van der Waals surface area (Å²) in [6, 6.07) is 15.3. The van der Waals surface area contributed by atoms with E-state index in [1.807, 2.05) is 48.5 Å². The van der Waals surface area contributed by atoms with Crippen molar-refractivity contribution in [2.45, 2.75) is 25.9 Å². The van der Waals surface area contributed by atoms with Crippen molar-refractivity contribution in [3.63, 3.8) is 0 Å². The van der Waals surface area contributed by atoms with E-state index < -0.39 is 42.5 Å². The number of carboxylic acid groups (broad SMARTS) is 1. The number of aliphatic carboxylic acids is 1. The number of halogens is 3. The van der Waals surface area contributed by atoms with Crippen molar-refractivity contribution in [2.24, 2.45) is 11.8 Å². The number of carboxylic acids is 1. The van der Waals surface area contributed by atoms with Crippen LogP contribution >= 0.6 is 0 Å². The van der Waals surface area contributed by atoms with Crippen LogP contribution in [0, 0.1) is 11.8 Å². The summed E-state index contributed by atoms with van der Waals surface area (Å²) in [6.07, 6.45) is -6.01. The molecule has 2 aromatic carbocycles. The summed E-state index contributed by atoms with van der Waals surface area (Å²) in [6.45, 7) is 1.18. The molecule has 0 aromatic heterocycles. The van der Waals surface area contributed by atoms with Gasteiger partial charge in [-0.15, -0.1) is 0 Å². The molecule has 0 radical (unpaired) electrons. The first-order chi connectivity index (χ1) is 16.5. The van der Waals surface area contributed by atoms with E-state index in [1.165, 1.54) is 13.8 Å². The third-order valence-electron chi connectivity index (χ3n) is 6.10. The highest BCUT2D eigenvalue weighted by Crippen LogP contribution is 2.44. The average molecular weight is 492 g/mol. The molecule has 7 nitrogen and oxygen atoms in total. The van der Waals surface area contributed by atoms with Crippen LogP contribution in [0.15, 0.2) is 48.5 Å². The minimum atomic E-state index is -4.94. The van der Waals surface area contributed by atoms with E-state index in [0.717, 1.165) is 27.2 Å². The summed E-state index contributed by atoms with van der Waals surface area (Å²) in [4.78, 5) is 36.7. The first-order valence-corrected chi connectivity index (χ1v) is 11.2. The number of carbonyl (C=O) groups excluding carboxylic acids is 2. The highest BCUT2D eigenvalue weighted by Gasteiger charge is 2.46. The fourth-order valence-corrected chi connectivity index (χ4v) is 4.18. The van der Waals surface area contributed by atoms with Crippen molar-refractivity contribution in [3.8, 4) is 11.1 Å². The Kier molecular flexibility index (Phi) is 8.03. The zero-order valence-electron chi connectivity index (χ0n) is 19.3. The Morgan fingerprint density at radius 2 is 1.60 bits per heavy atom. The van der Waals surface area contributed by atoms with Crippen LogP contribution in [0.5, 0.6) is 0 Å². The molecule has 3 rings (SSSR count). The second-order valence-corrected chi connectivity index (χ2v) is 8.42. The molecule has 2 unspecified atom stereocenters. The third kappa shape index (κ3) is 5.93. The number of benzene rings is 2. The molecule has 188 valence electrons. The average Bonchev–Trinajstić information content (AvgIpc) is 3.13. The Balaban J connectivity index is 1.64. The number of ether oxygens (including phenoxy) is 1. The molecule has 2 atom stereocenters. The molecule has 0 bridgehead atoms. The number of alkyl carbamates (subject to hydrolysis) is 1. The smallest absolute Gasteiger partial charge is 0.407 e. The van der Waals surface area contributed by atoms with E-state index in [2.05, 4.69) is 5.32 Å². The largest absolute Gasteiger partial charge is 0.481 e. The summed E-state index contributed by atoms with van der Waals surface area (Å²) in [5, 5.41) is 11.1. The molecule has 2 aromatic rings. The van der Waals surface area contributed by atoms with Crippen LogP contribution in [0.1, 0.15) is 30.9 Å². The van der Waals surface area contributed by atoms with Gasteiger partial charge in [0.2, 0.25) is 5.91 Å². The molecule has 2 N–H and O–H groups in total. The predicted molar refractivity (Wildman–Crippen MR) is 122 cm³/mol. The number of carbonyl (C=O) groups is 3. The maximum absolute atomic E-state index is 13.6. The zero-order valence-corrected chi connectivity index (χ0v) is 19.3. The quantitative estimate of drug-likeness (QED) is 0.545. The first kappa shape index (κ1) is 26.1. The number of hydrogen-bond donors (Lipinski definition) is 2. The molecule has 1 aliphatic carbocycles. The molecular weight excluding hydrogens is 465 g/mol. The van der Waals surface area contributed by atoms with Gasteiger partial charge in [0.1, 0.15) is 6.61 Å². The van der Waals surface area contributed by atoms with Gasteiger partial charge >= 0.3 is 18.2 Å².